The first kappa shape index (κ1) is 18.2. The lowest BCUT2D eigenvalue weighted by atomic mass is 10.0. The van der Waals surface area contributed by atoms with Crippen LogP contribution in [0.4, 0.5) is 11.5 Å². The Morgan fingerprint density at radius 3 is 2.96 bits per heavy atom. The monoisotopic (exact) mass is 380 g/mol. The number of benzene rings is 1. The second kappa shape index (κ2) is 7.46. The van der Waals surface area contributed by atoms with Gasteiger partial charge in [-0.2, -0.15) is 4.98 Å². The highest BCUT2D eigenvalue weighted by molar-refractivity contribution is 5.90. The third kappa shape index (κ3) is 3.76. The number of hydrogen-bond donors (Lipinski definition) is 1. The lowest BCUT2D eigenvalue weighted by molar-refractivity contribution is -0.117. The molecule has 1 aliphatic rings. The van der Waals surface area contributed by atoms with Gasteiger partial charge in [-0.05, 0) is 49.4 Å². The molecule has 0 spiro atoms. The fourth-order valence-corrected chi connectivity index (χ4v) is 3.63. The Morgan fingerprint density at radius 1 is 1.32 bits per heavy atom. The van der Waals surface area contributed by atoms with E-state index in [9.17, 15) is 9.59 Å². The number of nitrogens with zero attached hydrogens (tertiary/aromatic N) is 5. The van der Waals surface area contributed by atoms with Gasteiger partial charge in [0.1, 0.15) is 12.4 Å². The van der Waals surface area contributed by atoms with Gasteiger partial charge in [-0.25, -0.2) is 13.9 Å². The summed E-state index contributed by atoms with van der Waals surface area (Å²) in [5, 5.41) is 7.05. The number of anilines is 2. The topological polar surface area (TPSA) is 84.5 Å². The second-order valence-electron chi connectivity index (χ2n) is 7.51. The van der Waals surface area contributed by atoms with Gasteiger partial charge >= 0.3 is 5.69 Å². The molecule has 1 fully saturated rings. The summed E-state index contributed by atoms with van der Waals surface area (Å²) in [5.41, 5.74) is 1.37. The van der Waals surface area contributed by atoms with Crippen LogP contribution in [0.2, 0.25) is 0 Å². The van der Waals surface area contributed by atoms with Gasteiger partial charge < -0.3 is 10.2 Å². The minimum atomic E-state index is -0.375. The minimum Gasteiger partial charge on any atom is -0.356 e. The molecular formula is C20H24N6O2. The summed E-state index contributed by atoms with van der Waals surface area (Å²) in [6, 6.07) is 9.34. The Labute approximate surface area is 162 Å². The average Bonchev–Trinajstić information content (AvgIpc) is 2.96. The van der Waals surface area contributed by atoms with Crippen molar-refractivity contribution in [1.82, 2.24) is 19.2 Å². The van der Waals surface area contributed by atoms with E-state index in [-0.39, 0.29) is 18.1 Å². The standard InChI is InChI=1S/C20H24N6O2/c1-14-5-3-7-16(11-14)21-18(27)13-26-20(28)25-10-8-17(22-19(25)23-26)24-9-4-6-15(2)12-24/h3,5,7-8,10-11,15H,4,6,9,12-13H2,1-2H3,(H,21,27). The van der Waals surface area contributed by atoms with Crippen molar-refractivity contribution in [3.05, 3.63) is 52.6 Å². The smallest absolute Gasteiger partial charge is 0.352 e. The maximum atomic E-state index is 12.5. The number of aromatic nitrogens is 4. The minimum absolute atomic E-state index is 0.160. The van der Waals surface area contributed by atoms with Crippen LogP contribution < -0.4 is 15.9 Å². The summed E-state index contributed by atoms with van der Waals surface area (Å²) >= 11 is 0. The van der Waals surface area contributed by atoms with E-state index in [0.29, 0.717) is 17.4 Å². The second-order valence-corrected chi connectivity index (χ2v) is 7.51. The number of carbonyl (C=O) groups excluding carboxylic acids is 1. The van der Waals surface area contributed by atoms with Crippen molar-refractivity contribution >= 4 is 23.2 Å². The number of carbonyl (C=O) groups is 1. The van der Waals surface area contributed by atoms with E-state index in [1.54, 1.807) is 6.20 Å². The van der Waals surface area contributed by atoms with E-state index < -0.39 is 0 Å². The molecule has 0 aliphatic carbocycles. The van der Waals surface area contributed by atoms with Crippen molar-refractivity contribution in [2.45, 2.75) is 33.2 Å². The van der Waals surface area contributed by atoms with Crippen LogP contribution in [-0.2, 0) is 11.3 Å². The zero-order valence-corrected chi connectivity index (χ0v) is 16.1. The van der Waals surface area contributed by atoms with Crippen molar-refractivity contribution in [1.29, 1.82) is 0 Å². The van der Waals surface area contributed by atoms with Gasteiger partial charge in [-0.15, -0.1) is 5.10 Å². The van der Waals surface area contributed by atoms with Crippen LogP contribution >= 0.6 is 0 Å². The van der Waals surface area contributed by atoms with Gasteiger partial charge in [0, 0.05) is 25.0 Å². The SMILES string of the molecule is Cc1cccc(NC(=O)Cn2nc3nc(N4CCCC(C)C4)ccn3c2=O)c1. The molecule has 2 aromatic heterocycles. The fourth-order valence-electron chi connectivity index (χ4n) is 3.63. The highest BCUT2D eigenvalue weighted by Crippen LogP contribution is 2.21. The molecule has 0 radical (unpaired) electrons. The van der Waals surface area contributed by atoms with Gasteiger partial charge in [0.05, 0.1) is 0 Å². The van der Waals surface area contributed by atoms with Crippen molar-refractivity contribution in [3.63, 3.8) is 0 Å². The summed E-state index contributed by atoms with van der Waals surface area (Å²) in [6.45, 7) is 5.93. The molecule has 1 atom stereocenters. The molecule has 1 N–H and O–H groups in total. The maximum Gasteiger partial charge on any atom is 0.352 e. The third-order valence-electron chi connectivity index (χ3n) is 5.02. The summed E-state index contributed by atoms with van der Waals surface area (Å²) in [5.74, 6) is 1.45. The van der Waals surface area contributed by atoms with Crippen LogP contribution in [0, 0.1) is 12.8 Å². The van der Waals surface area contributed by atoms with Crippen LogP contribution in [0.1, 0.15) is 25.3 Å². The lowest BCUT2D eigenvalue weighted by Crippen LogP contribution is -2.34. The van der Waals surface area contributed by atoms with Gasteiger partial charge in [-0.3, -0.25) is 4.79 Å². The molecule has 146 valence electrons. The van der Waals surface area contributed by atoms with Crippen LogP contribution in [0.3, 0.4) is 0 Å². The molecule has 1 saturated heterocycles. The van der Waals surface area contributed by atoms with E-state index in [1.165, 1.54) is 10.8 Å². The van der Waals surface area contributed by atoms with Gasteiger partial charge in [0.25, 0.3) is 5.78 Å². The number of nitrogens with one attached hydrogen (secondary N) is 1. The molecule has 0 bridgehead atoms. The number of hydrogen-bond acceptors (Lipinski definition) is 5. The Kier molecular flexibility index (Phi) is 4.85. The first-order valence-corrected chi connectivity index (χ1v) is 9.57. The molecule has 1 aromatic carbocycles. The van der Waals surface area contributed by atoms with E-state index in [2.05, 4.69) is 27.2 Å². The van der Waals surface area contributed by atoms with E-state index in [4.69, 9.17) is 0 Å². The van der Waals surface area contributed by atoms with E-state index in [1.807, 2.05) is 37.3 Å². The number of aryl methyl sites for hydroxylation is 1. The predicted molar refractivity (Wildman–Crippen MR) is 108 cm³/mol. The Hall–Kier alpha value is -3.16. The first-order chi connectivity index (χ1) is 13.5. The molecule has 1 unspecified atom stereocenters. The zero-order valence-electron chi connectivity index (χ0n) is 16.1. The predicted octanol–water partition coefficient (Wildman–Crippen LogP) is 2.07. The Balaban J connectivity index is 1.53. The largest absolute Gasteiger partial charge is 0.356 e. The number of amides is 1. The molecule has 4 rings (SSSR count). The molecular weight excluding hydrogens is 356 g/mol. The fraction of sp³-hybridized carbons (Fsp3) is 0.400. The number of rotatable bonds is 4. The average molecular weight is 380 g/mol. The normalized spacial score (nSPS) is 17.1. The molecule has 8 nitrogen and oxygen atoms in total. The Bertz CT molecular complexity index is 1070. The van der Waals surface area contributed by atoms with Crippen molar-refractivity contribution < 1.29 is 4.79 Å². The first-order valence-electron chi connectivity index (χ1n) is 9.57. The highest BCUT2D eigenvalue weighted by atomic mass is 16.2. The van der Waals surface area contributed by atoms with Crippen LogP contribution in [0.5, 0.6) is 0 Å². The van der Waals surface area contributed by atoms with E-state index in [0.717, 1.165) is 35.6 Å². The van der Waals surface area contributed by atoms with Crippen LogP contribution in [0.25, 0.3) is 5.78 Å². The molecule has 1 amide bonds. The molecule has 8 heteroatoms. The van der Waals surface area contributed by atoms with Crippen molar-refractivity contribution in [3.8, 4) is 0 Å². The summed E-state index contributed by atoms with van der Waals surface area (Å²) < 4.78 is 2.52. The molecule has 28 heavy (non-hydrogen) atoms. The maximum absolute atomic E-state index is 12.5. The zero-order chi connectivity index (χ0) is 19.7. The Morgan fingerprint density at radius 2 is 2.18 bits per heavy atom. The van der Waals surface area contributed by atoms with Gasteiger partial charge in [0.15, 0.2) is 0 Å². The molecule has 1 aliphatic heterocycles. The third-order valence-corrected chi connectivity index (χ3v) is 5.02. The van der Waals surface area contributed by atoms with Crippen LogP contribution in [0.15, 0.2) is 41.3 Å². The van der Waals surface area contributed by atoms with Crippen LogP contribution in [-0.4, -0.2) is 38.2 Å². The van der Waals surface area contributed by atoms with Gasteiger partial charge in [-0.1, -0.05) is 19.1 Å². The molecule has 0 saturated carbocycles. The van der Waals surface area contributed by atoms with E-state index >= 15 is 0 Å². The summed E-state index contributed by atoms with van der Waals surface area (Å²) in [7, 11) is 0. The van der Waals surface area contributed by atoms with Crippen molar-refractivity contribution in [2.75, 3.05) is 23.3 Å². The molecule has 3 heterocycles. The lowest BCUT2D eigenvalue weighted by Gasteiger charge is -2.31. The quantitative estimate of drug-likeness (QED) is 0.749. The van der Waals surface area contributed by atoms with Gasteiger partial charge in [0.2, 0.25) is 5.91 Å². The number of fused-ring (bicyclic) bond motifs is 1. The van der Waals surface area contributed by atoms with Crippen molar-refractivity contribution in [2.24, 2.45) is 5.92 Å². The molecule has 3 aromatic rings. The summed E-state index contributed by atoms with van der Waals surface area (Å²) in [6.07, 6.45) is 4.04. The highest BCUT2D eigenvalue weighted by Gasteiger charge is 2.19. The summed E-state index contributed by atoms with van der Waals surface area (Å²) in [4.78, 5) is 31.6. The number of piperidine rings is 1.